The highest BCUT2D eigenvalue weighted by molar-refractivity contribution is 7.89. The second-order valence-corrected chi connectivity index (χ2v) is 8.04. The Morgan fingerprint density at radius 1 is 1.21 bits per heavy atom. The smallest absolute Gasteiger partial charge is 0.253 e. The number of hydrogen-bond donors (Lipinski definition) is 1. The molecule has 7 nitrogen and oxygen atoms in total. The number of amides is 1. The summed E-state index contributed by atoms with van der Waals surface area (Å²) in [4.78, 5) is 14.2. The van der Waals surface area contributed by atoms with Crippen molar-refractivity contribution in [2.45, 2.75) is 11.0 Å². The van der Waals surface area contributed by atoms with E-state index in [9.17, 15) is 13.2 Å². The lowest BCUT2D eigenvalue weighted by Gasteiger charge is -2.36. The molecule has 1 aromatic rings. The first-order valence-corrected chi connectivity index (χ1v) is 9.68. The van der Waals surface area contributed by atoms with Crippen LogP contribution in [0.15, 0.2) is 29.2 Å². The van der Waals surface area contributed by atoms with Crippen LogP contribution in [0.3, 0.4) is 0 Å². The number of benzene rings is 1. The molecule has 2 aliphatic rings. The molecule has 132 valence electrons. The van der Waals surface area contributed by atoms with Gasteiger partial charge in [0.05, 0.1) is 11.6 Å². The van der Waals surface area contributed by atoms with E-state index < -0.39 is 16.1 Å². The van der Waals surface area contributed by atoms with Gasteiger partial charge in [0.1, 0.15) is 11.0 Å². The van der Waals surface area contributed by atoms with Crippen molar-refractivity contribution < 1.29 is 17.9 Å². The molecule has 3 rings (SSSR count). The van der Waals surface area contributed by atoms with Gasteiger partial charge in [-0.1, -0.05) is 23.7 Å². The van der Waals surface area contributed by atoms with Gasteiger partial charge in [-0.25, -0.2) is 8.42 Å². The van der Waals surface area contributed by atoms with Crippen LogP contribution in [0, 0.1) is 0 Å². The number of hydrogen-bond acceptors (Lipinski definition) is 5. The first-order chi connectivity index (χ1) is 11.5. The molecule has 1 amide bonds. The molecule has 1 atom stereocenters. The van der Waals surface area contributed by atoms with Gasteiger partial charge in [-0.2, -0.15) is 4.31 Å². The van der Waals surface area contributed by atoms with Gasteiger partial charge in [0.15, 0.2) is 0 Å². The van der Waals surface area contributed by atoms with Crippen molar-refractivity contribution in [1.29, 1.82) is 0 Å². The predicted molar refractivity (Wildman–Crippen MR) is 89.4 cm³/mol. The highest BCUT2D eigenvalue weighted by Gasteiger charge is 2.34. The molecule has 24 heavy (non-hydrogen) atoms. The molecule has 2 heterocycles. The first-order valence-electron chi connectivity index (χ1n) is 7.86. The summed E-state index contributed by atoms with van der Waals surface area (Å²) in [6, 6.07) is 6.39. The van der Waals surface area contributed by atoms with Gasteiger partial charge in [0.2, 0.25) is 10.0 Å². The minimum atomic E-state index is -3.65. The maximum absolute atomic E-state index is 12.7. The summed E-state index contributed by atoms with van der Waals surface area (Å²) < 4.78 is 32.2. The lowest BCUT2D eigenvalue weighted by molar-refractivity contribution is -0.146. The number of carbonyl (C=O) groups is 1. The lowest BCUT2D eigenvalue weighted by atomic mass is 10.2. The lowest BCUT2D eigenvalue weighted by Crippen LogP contribution is -2.55. The molecule has 1 N–H and O–H groups in total. The molecule has 1 aromatic carbocycles. The van der Waals surface area contributed by atoms with Crippen LogP contribution >= 0.6 is 11.6 Å². The molecule has 1 unspecified atom stereocenters. The molecule has 0 bridgehead atoms. The number of ether oxygens (including phenoxy) is 1. The van der Waals surface area contributed by atoms with Crippen LogP contribution < -0.4 is 5.32 Å². The average Bonchev–Trinajstić information content (AvgIpc) is 2.62. The summed E-state index contributed by atoms with van der Waals surface area (Å²) in [5.74, 6) is -0.0861. The van der Waals surface area contributed by atoms with E-state index in [1.807, 2.05) is 0 Å². The number of carbonyl (C=O) groups excluding carboxylic acids is 1. The summed E-state index contributed by atoms with van der Waals surface area (Å²) in [5, 5.41) is 3.33. The molecule has 9 heteroatoms. The molecule has 2 aliphatic heterocycles. The van der Waals surface area contributed by atoms with Gasteiger partial charge in [-0.15, -0.1) is 0 Å². The third-order valence-corrected chi connectivity index (χ3v) is 6.61. The van der Waals surface area contributed by atoms with E-state index in [-0.39, 0.29) is 28.9 Å². The van der Waals surface area contributed by atoms with Crippen molar-refractivity contribution in [3.8, 4) is 0 Å². The van der Waals surface area contributed by atoms with Crippen molar-refractivity contribution in [3.05, 3.63) is 29.3 Å². The monoisotopic (exact) mass is 373 g/mol. The zero-order valence-corrected chi connectivity index (χ0v) is 14.7. The Hall–Kier alpha value is -1.19. The van der Waals surface area contributed by atoms with Gasteiger partial charge >= 0.3 is 0 Å². The number of halogens is 1. The second kappa shape index (κ2) is 7.37. The number of sulfonamides is 1. The van der Waals surface area contributed by atoms with Crippen LogP contribution in [-0.2, 0) is 19.6 Å². The zero-order chi connectivity index (χ0) is 17.2. The third-order valence-electron chi connectivity index (χ3n) is 4.21. The average molecular weight is 374 g/mol. The number of piperazine rings is 1. The van der Waals surface area contributed by atoms with Crippen LogP contribution in [0.25, 0.3) is 0 Å². The molecule has 0 aliphatic carbocycles. The highest BCUT2D eigenvalue weighted by Crippen LogP contribution is 2.25. The van der Waals surface area contributed by atoms with E-state index in [1.54, 1.807) is 23.1 Å². The van der Waals surface area contributed by atoms with E-state index >= 15 is 0 Å². The van der Waals surface area contributed by atoms with Crippen LogP contribution in [-0.4, -0.2) is 75.5 Å². The maximum atomic E-state index is 12.7. The third kappa shape index (κ3) is 3.57. The molecule has 0 radical (unpaired) electrons. The standard InChI is InChI=1S/C15H20ClN3O4S/c16-12-3-1-2-4-14(12)24(21,22)19-8-6-18(7-9-19)15(20)13-11-17-5-10-23-13/h1-4,13,17H,5-11H2. The van der Waals surface area contributed by atoms with Crippen LogP contribution in [0.1, 0.15) is 0 Å². The van der Waals surface area contributed by atoms with Crippen molar-refractivity contribution in [2.75, 3.05) is 45.9 Å². The van der Waals surface area contributed by atoms with Crippen LogP contribution in [0.2, 0.25) is 5.02 Å². The Labute approximate surface area is 146 Å². The summed E-state index contributed by atoms with van der Waals surface area (Å²) in [5.41, 5.74) is 0. The van der Waals surface area contributed by atoms with Gasteiger partial charge in [0, 0.05) is 39.3 Å². The van der Waals surface area contributed by atoms with Gasteiger partial charge < -0.3 is 15.0 Å². The molecule has 0 saturated carbocycles. The van der Waals surface area contributed by atoms with Gasteiger partial charge in [-0.05, 0) is 12.1 Å². The number of nitrogens with zero attached hydrogens (tertiary/aromatic N) is 2. The molecular weight excluding hydrogens is 354 g/mol. The quantitative estimate of drug-likeness (QED) is 0.816. The predicted octanol–water partition coefficient (Wildman–Crippen LogP) is 0.161. The number of nitrogens with one attached hydrogen (secondary N) is 1. The van der Waals surface area contributed by atoms with Crippen LogP contribution in [0.5, 0.6) is 0 Å². The first kappa shape index (κ1) is 17.6. The Balaban J connectivity index is 1.64. The Bertz CT molecular complexity index is 698. The summed E-state index contributed by atoms with van der Waals surface area (Å²) >= 11 is 6.01. The minimum Gasteiger partial charge on any atom is -0.366 e. The van der Waals surface area contributed by atoms with E-state index in [4.69, 9.17) is 16.3 Å². The number of rotatable bonds is 3. The molecule has 0 aromatic heterocycles. The largest absolute Gasteiger partial charge is 0.366 e. The van der Waals surface area contributed by atoms with Crippen molar-refractivity contribution in [3.63, 3.8) is 0 Å². The van der Waals surface area contributed by atoms with E-state index in [2.05, 4.69) is 5.32 Å². The van der Waals surface area contributed by atoms with E-state index in [1.165, 1.54) is 10.4 Å². The molecular formula is C15H20ClN3O4S. The Morgan fingerprint density at radius 3 is 2.54 bits per heavy atom. The van der Waals surface area contributed by atoms with Crippen LogP contribution in [0.4, 0.5) is 0 Å². The fraction of sp³-hybridized carbons (Fsp3) is 0.533. The zero-order valence-electron chi connectivity index (χ0n) is 13.2. The van der Waals surface area contributed by atoms with Crippen molar-refractivity contribution in [1.82, 2.24) is 14.5 Å². The van der Waals surface area contributed by atoms with E-state index in [0.29, 0.717) is 26.2 Å². The second-order valence-electron chi connectivity index (χ2n) is 5.72. The fourth-order valence-corrected chi connectivity index (χ4v) is 4.78. The Morgan fingerprint density at radius 2 is 1.92 bits per heavy atom. The summed E-state index contributed by atoms with van der Waals surface area (Å²) in [6.07, 6.45) is -0.481. The fourth-order valence-electron chi connectivity index (χ4n) is 2.87. The normalized spacial score (nSPS) is 23.2. The van der Waals surface area contributed by atoms with Gasteiger partial charge in [-0.3, -0.25) is 4.79 Å². The highest BCUT2D eigenvalue weighted by atomic mass is 35.5. The van der Waals surface area contributed by atoms with E-state index in [0.717, 1.165) is 6.54 Å². The van der Waals surface area contributed by atoms with Crippen molar-refractivity contribution >= 4 is 27.5 Å². The summed E-state index contributed by atoms with van der Waals surface area (Å²) in [7, 11) is -3.65. The van der Waals surface area contributed by atoms with Crippen molar-refractivity contribution in [2.24, 2.45) is 0 Å². The number of morpholine rings is 1. The molecule has 2 saturated heterocycles. The Kier molecular flexibility index (Phi) is 5.41. The minimum absolute atomic E-state index is 0.0861. The van der Waals surface area contributed by atoms with Gasteiger partial charge in [0.25, 0.3) is 5.91 Å². The molecule has 2 fully saturated rings. The molecule has 0 spiro atoms. The maximum Gasteiger partial charge on any atom is 0.253 e. The SMILES string of the molecule is O=C(C1CNCCO1)N1CCN(S(=O)(=O)c2ccccc2Cl)CC1. The topological polar surface area (TPSA) is 79.0 Å². The summed E-state index contributed by atoms with van der Waals surface area (Å²) in [6.45, 7) is 2.95.